The summed E-state index contributed by atoms with van der Waals surface area (Å²) in [5.74, 6) is 0.0485. The summed E-state index contributed by atoms with van der Waals surface area (Å²) in [5, 5.41) is 0. The second-order valence-corrected chi connectivity index (χ2v) is 12.3. The zero-order valence-corrected chi connectivity index (χ0v) is 24.1. The van der Waals surface area contributed by atoms with Gasteiger partial charge in [0.15, 0.2) is 0 Å². The van der Waals surface area contributed by atoms with Crippen LogP contribution in [0.2, 0.25) is 0 Å². The highest BCUT2D eigenvalue weighted by Gasteiger charge is 2.43. The largest absolute Gasteiger partial charge is 0.365 e. The fraction of sp³-hybridized carbons (Fsp3) is 0.600. The molecule has 0 saturated carbocycles. The number of aryl methyl sites for hydroxylation is 1. The molecular weight excluding hydrogens is 514 g/mol. The van der Waals surface area contributed by atoms with Crippen LogP contribution in [0.5, 0.6) is 0 Å². The summed E-state index contributed by atoms with van der Waals surface area (Å²) in [6.07, 6.45) is 14.8. The molecule has 3 heterocycles. The van der Waals surface area contributed by atoms with Gasteiger partial charge in [-0.2, -0.15) is 8.42 Å². The third kappa shape index (κ3) is 8.67. The smallest absolute Gasteiger partial charge is 0.294 e. The predicted octanol–water partition coefficient (Wildman–Crippen LogP) is 4.58. The topological polar surface area (TPSA) is 97.5 Å². The van der Waals surface area contributed by atoms with Gasteiger partial charge in [0.05, 0.1) is 10.6 Å². The van der Waals surface area contributed by atoms with E-state index in [1.54, 1.807) is 12.1 Å². The van der Waals surface area contributed by atoms with Crippen molar-refractivity contribution in [2.24, 2.45) is 0 Å². The molecular formula is C30H43N3O5S. The minimum Gasteiger partial charge on any atom is -0.365 e. The van der Waals surface area contributed by atoms with Crippen molar-refractivity contribution in [3.05, 3.63) is 53.0 Å². The number of hydrogen-bond donors (Lipinski definition) is 1. The van der Waals surface area contributed by atoms with Crippen LogP contribution in [0.4, 0.5) is 0 Å². The Morgan fingerprint density at radius 3 is 1.77 bits per heavy atom. The van der Waals surface area contributed by atoms with E-state index in [1.165, 1.54) is 63.5 Å². The van der Waals surface area contributed by atoms with Crippen molar-refractivity contribution in [2.45, 2.75) is 82.4 Å². The normalized spacial score (nSPS) is 18.2. The number of carbonyl (C=O) groups is 2. The number of carbonyl (C=O) groups excluding carboxylic acids is 2. The maximum Gasteiger partial charge on any atom is 0.294 e. The lowest BCUT2D eigenvalue weighted by Crippen LogP contribution is -2.29. The molecule has 1 aliphatic carbocycles. The number of Topliss-reactive ketones (excluding diaryl/α,β-unsaturated/α-hetero) is 1. The predicted molar refractivity (Wildman–Crippen MR) is 152 cm³/mol. The number of nitrogens with zero attached hydrogens (tertiary/aromatic N) is 3. The van der Waals surface area contributed by atoms with Crippen molar-refractivity contribution in [3.8, 4) is 0 Å². The molecule has 1 aromatic rings. The van der Waals surface area contributed by atoms with Gasteiger partial charge in [0, 0.05) is 45.3 Å². The summed E-state index contributed by atoms with van der Waals surface area (Å²) < 4.78 is 31.8. The van der Waals surface area contributed by atoms with Gasteiger partial charge in [0.2, 0.25) is 11.6 Å². The summed E-state index contributed by atoms with van der Waals surface area (Å²) in [6.45, 7) is 7.64. The number of allylic oxidation sites excluding steroid dienone is 1. The summed E-state index contributed by atoms with van der Waals surface area (Å²) >= 11 is 0. The molecule has 1 aromatic carbocycles. The first-order chi connectivity index (χ1) is 18.8. The van der Waals surface area contributed by atoms with E-state index < -0.39 is 10.1 Å². The maximum atomic E-state index is 12.4. The number of ketones is 2. The van der Waals surface area contributed by atoms with Crippen LogP contribution in [0.1, 0.15) is 76.7 Å². The highest BCUT2D eigenvalue weighted by molar-refractivity contribution is 7.85. The number of hydrogen-bond acceptors (Lipinski definition) is 7. The van der Waals surface area contributed by atoms with Gasteiger partial charge >= 0.3 is 0 Å². The lowest BCUT2D eigenvalue weighted by atomic mass is 10.0. The zero-order chi connectivity index (χ0) is 27.8. The number of unbranched alkanes of at least 4 members (excludes halogenated alkanes) is 9. The Labute approximate surface area is 233 Å². The van der Waals surface area contributed by atoms with Crippen molar-refractivity contribution >= 4 is 21.7 Å². The van der Waals surface area contributed by atoms with Gasteiger partial charge in [-0.05, 0) is 24.5 Å². The van der Waals surface area contributed by atoms with Crippen LogP contribution >= 0.6 is 0 Å². The maximum absolute atomic E-state index is 12.4. The summed E-state index contributed by atoms with van der Waals surface area (Å²) in [4.78, 5) is 30.5. The summed E-state index contributed by atoms with van der Waals surface area (Å²) in [7, 11) is -4.10. The van der Waals surface area contributed by atoms with Gasteiger partial charge in [-0.15, -0.1) is 0 Å². The molecule has 8 nitrogen and oxygen atoms in total. The van der Waals surface area contributed by atoms with Crippen molar-refractivity contribution in [3.63, 3.8) is 0 Å². The molecule has 0 atom stereocenters. The standard InChI is InChI=1S/C18H30O3S.C12H13N3O2/c1-2-3-4-5-6-7-8-9-10-11-14-17-15-12-13-16-18(17)22(19,20)21;16-9-7-8(13-1-2-13)12(17)11(15-5-6-15)10(9)14-3-4-14/h12-13,15-16H,2-11,14H2,1H3,(H,19,20,21);7H,1-6H2. The molecule has 3 aliphatic heterocycles. The summed E-state index contributed by atoms with van der Waals surface area (Å²) in [5.41, 5.74) is 2.61. The number of benzene rings is 1. The fourth-order valence-corrected chi connectivity index (χ4v) is 5.79. The third-order valence-corrected chi connectivity index (χ3v) is 8.49. The van der Waals surface area contributed by atoms with Crippen molar-refractivity contribution in [1.82, 2.24) is 14.7 Å². The molecule has 0 aromatic heterocycles. The highest BCUT2D eigenvalue weighted by Crippen LogP contribution is 2.34. The second kappa shape index (κ2) is 13.6. The van der Waals surface area contributed by atoms with E-state index in [1.807, 2.05) is 20.8 Å². The third-order valence-electron chi connectivity index (χ3n) is 7.54. The van der Waals surface area contributed by atoms with Crippen LogP contribution in [-0.2, 0) is 26.1 Å². The van der Waals surface area contributed by atoms with Gasteiger partial charge in [-0.1, -0.05) is 82.9 Å². The molecule has 39 heavy (non-hydrogen) atoms. The average molecular weight is 558 g/mol. The van der Waals surface area contributed by atoms with Crippen molar-refractivity contribution in [2.75, 3.05) is 39.3 Å². The van der Waals surface area contributed by atoms with E-state index in [0.717, 1.165) is 57.7 Å². The molecule has 5 rings (SSSR count). The van der Waals surface area contributed by atoms with Crippen LogP contribution in [0.25, 0.3) is 0 Å². The van der Waals surface area contributed by atoms with Gasteiger partial charge < -0.3 is 14.7 Å². The molecule has 0 radical (unpaired) electrons. The SMILES string of the molecule is CCCCCCCCCCCCc1ccccc1S(=O)(=O)O.O=C1C=C(N2CC2)C(=O)C(N2CC2)=C1N1CC1. The van der Waals surface area contributed by atoms with Gasteiger partial charge in [-0.25, -0.2) is 0 Å². The molecule has 4 aliphatic rings. The Balaban J connectivity index is 0.000000185. The monoisotopic (exact) mass is 557 g/mol. The Kier molecular flexibility index (Phi) is 10.2. The lowest BCUT2D eigenvalue weighted by molar-refractivity contribution is -0.117. The van der Waals surface area contributed by atoms with Crippen LogP contribution in [0.15, 0.2) is 52.3 Å². The van der Waals surface area contributed by atoms with E-state index in [0.29, 0.717) is 23.5 Å². The van der Waals surface area contributed by atoms with Crippen LogP contribution < -0.4 is 0 Å². The van der Waals surface area contributed by atoms with Crippen LogP contribution in [0.3, 0.4) is 0 Å². The minimum atomic E-state index is -4.10. The second-order valence-electron chi connectivity index (χ2n) is 10.9. The van der Waals surface area contributed by atoms with E-state index in [-0.39, 0.29) is 16.5 Å². The van der Waals surface area contributed by atoms with Crippen molar-refractivity contribution in [1.29, 1.82) is 0 Å². The fourth-order valence-electron chi connectivity index (χ4n) is 5.04. The zero-order valence-electron chi connectivity index (χ0n) is 23.2. The molecule has 0 amide bonds. The summed E-state index contributed by atoms with van der Waals surface area (Å²) in [6, 6.07) is 6.73. The molecule has 9 heteroatoms. The molecule has 3 fully saturated rings. The van der Waals surface area contributed by atoms with Gasteiger partial charge in [0.1, 0.15) is 11.4 Å². The lowest BCUT2D eigenvalue weighted by Gasteiger charge is -2.21. The quantitative estimate of drug-likeness (QED) is 0.145. The van der Waals surface area contributed by atoms with E-state index in [2.05, 4.69) is 6.92 Å². The van der Waals surface area contributed by atoms with Crippen LogP contribution in [0, 0.1) is 0 Å². The van der Waals surface area contributed by atoms with Crippen molar-refractivity contribution < 1.29 is 22.6 Å². The molecule has 0 bridgehead atoms. The van der Waals surface area contributed by atoms with E-state index in [4.69, 9.17) is 0 Å². The van der Waals surface area contributed by atoms with E-state index >= 15 is 0 Å². The van der Waals surface area contributed by atoms with Gasteiger partial charge in [0.25, 0.3) is 10.1 Å². The molecule has 0 unspecified atom stereocenters. The Morgan fingerprint density at radius 2 is 1.23 bits per heavy atom. The molecule has 1 N–H and O–H groups in total. The first-order valence-electron chi connectivity index (χ1n) is 14.7. The number of rotatable bonds is 15. The average Bonchev–Trinajstić information content (AvgIpc) is 3.76. The molecule has 3 saturated heterocycles. The Hall–Kier alpha value is -2.65. The van der Waals surface area contributed by atoms with E-state index in [9.17, 15) is 22.6 Å². The minimum absolute atomic E-state index is 0.00546. The first kappa shape index (κ1) is 29.3. The first-order valence-corrected chi connectivity index (χ1v) is 16.1. The Morgan fingerprint density at radius 1 is 0.718 bits per heavy atom. The van der Waals surface area contributed by atoms with Gasteiger partial charge in [-0.3, -0.25) is 14.1 Å². The highest BCUT2D eigenvalue weighted by atomic mass is 32.2. The molecule has 0 spiro atoms. The molecule has 214 valence electrons. The van der Waals surface area contributed by atoms with Crippen LogP contribution in [-0.4, -0.2) is 78.5 Å². The Bertz CT molecular complexity index is 1190.